The number of alkyl carbamates (subject to hydrolysis) is 1. The Kier molecular flexibility index (Phi) is 9.74. The number of fused-ring (bicyclic) bond motifs is 1. The highest BCUT2D eigenvalue weighted by atomic mass is 79.9. The predicted octanol–water partition coefficient (Wildman–Crippen LogP) is 4.17. The number of carbonyl (C=O) groups is 4. The highest BCUT2D eigenvalue weighted by Gasteiger charge is 2.37. The molecule has 1 aromatic carbocycles. The molecule has 1 fully saturated rings. The molecular weight excluding hydrogens is 572 g/mol. The smallest absolute Gasteiger partial charge is 0.410 e. The fourth-order valence-corrected chi connectivity index (χ4v) is 5.29. The minimum atomic E-state index is -0.725. The van der Waals surface area contributed by atoms with Crippen LogP contribution in [0.5, 0.6) is 5.75 Å². The lowest BCUT2D eigenvalue weighted by Gasteiger charge is -2.42. The van der Waals surface area contributed by atoms with Crippen LogP contribution in [-0.2, 0) is 14.3 Å². The number of hydrogen-bond acceptors (Lipinski definition) is 7. The van der Waals surface area contributed by atoms with E-state index in [4.69, 9.17) is 9.47 Å². The minimum Gasteiger partial charge on any atom is -0.479 e. The first-order valence-corrected chi connectivity index (χ1v) is 14.0. The van der Waals surface area contributed by atoms with Crippen molar-refractivity contribution in [3.05, 3.63) is 22.2 Å². The number of ether oxygens (including phenoxy) is 3. The van der Waals surface area contributed by atoms with Crippen LogP contribution in [-0.4, -0.2) is 90.9 Å². The van der Waals surface area contributed by atoms with Gasteiger partial charge in [-0.1, -0.05) is 0 Å². The van der Waals surface area contributed by atoms with Crippen LogP contribution < -0.4 is 15.0 Å². The molecule has 4 amide bonds. The number of halogens is 1. The Morgan fingerprint density at radius 3 is 2.56 bits per heavy atom. The highest BCUT2D eigenvalue weighted by molar-refractivity contribution is 9.10. The van der Waals surface area contributed by atoms with Gasteiger partial charge in [-0.3, -0.25) is 9.59 Å². The summed E-state index contributed by atoms with van der Waals surface area (Å²) in [5, 5.41) is 2.58. The molecule has 0 saturated carbocycles. The van der Waals surface area contributed by atoms with E-state index in [1.165, 1.54) is 12.0 Å². The molecule has 11 nitrogen and oxygen atoms in total. The van der Waals surface area contributed by atoms with Crippen LogP contribution in [0.25, 0.3) is 0 Å². The molecular formula is C27H39BrN4O7. The Balaban J connectivity index is 1.89. The first-order valence-electron chi connectivity index (χ1n) is 13.2. The van der Waals surface area contributed by atoms with E-state index in [-0.39, 0.29) is 43.1 Å². The number of anilines is 1. The SMILES string of the molecule is COC(=O)NCCN1C(=O)[C@@H](C)Oc2cc(Br)c(C(=O)N(C(C)C)[C@@H]3CCCN(C(=O)OC(C)(C)C)C3)cc21. The van der Waals surface area contributed by atoms with Crippen molar-refractivity contribution in [3.8, 4) is 5.75 Å². The molecule has 0 aliphatic carbocycles. The van der Waals surface area contributed by atoms with Crippen molar-refractivity contribution in [1.29, 1.82) is 0 Å². The summed E-state index contributed by atoms with van der Waals surface area (Å²) < 4.78 is 16.5. The molecule has 0 unspecified atom stereocenters. The van der Waals surface area contributed by atoms with Gasteiger partial charge in [0.2, 0.25) is 0 Å². The van der Waals surface area contributed by atoms with Crippen molar-refractivity contribution in [3.63, 3.8) is 0 Å². The highest BCUT2D eigenvalue weighted by Crippen LogP contribution is 2.39. The van der Waals surface area contributed by atoms with Gasteiger partial charge in [0.05, 0.1) is 24.4 Å². The molecule has 3 rings (SSSR count). The summed E-state index contributed by atoms with van der Waals surface area (Å²) in [5.74, 6) is -0.0567. The summed E-state index contributed by atoms with van der Waals surface area (Å²) in [6.07, 6.45) is -0.226. The molecule has 0 aromatic heterocycles. The molecule has 2 atom stereocenters. The van der Waals surface area contributed by atoms with E-state index in [0.29, 0.717) is 34.6 Å². The molecule has 12 heteroatoms. The zero-order valence-corrected chi connectivity index (χ0v) is 25.3. The summed E-state index contributed by atoms with van der Waals surface area (Å²) in [7, 11) is 1.27. The normalized spacial score (nSPS) is 19.3. The van der Waals surface area contributed by atoms with Crippen LogP contribution in [0.3, 0.4) is 0 Å². The zero-order valence-electron chi connectivity index (χ0n) is 23.7. The molecule has 1 aromatic rings. The maximum absolute atomic E-state index is 14.0. The van der Waals surface area contributed by atoms with E-state index in [2.05, 4.69) is 26.0 Å². The molecule has 0 spiro atoms. The second kappa shape index (κ2) is 12.4. The lowest BCUT2D eigenvalue weighted by molar-refractivity contribution is -0.125. The molecule has 2 aliphatic heterocycles. The summed E-state index contributed by atoms with van der Waals surface area (Å²) in [6.45, 7) is 12.3. The lowest BCUT2D eigenvalue weighted by atomic mass is 10.0. The fourth-order valence-electron chi connectivity index (χ4n) is 4.80. The number of piperidine rings is 1. The maximum Gasteiger partial charge on any atom is 0.410 e. The quantitative estimate of drug-likeness (QED) is 0.513. The topological polar surface area (TPSA) is 118 Å². The third kappa shape index (κ3) is 7.34. The fraction of sp³-hybridized carbons (Fsp3) is 0.630. The Bertz CT molecular complexity index is 1100. The van der Waals surface area contributed by atoms with Gasteiger partial charge in [-0.2, -0.15) is 0 Å². The molecule has 2 aliphatic rings. The van der Waals surface area contributed by atoms with E-state index < -0.39 is 17.8 Å². The number of nitrogens with one attached hydrogen (secondary N) is 1. The Morgan fingerprint density at radius 1 is 1.26 bits per heavy atom. The minimum absolute atomic E-state index is 0.151. The molecule has 39 heavy (non-hydrogen) atoms. The van der Waals surface area contributed by atoms with Gasteiger partial charge in [0.15, 0.2) is 6.10 Å². The van der Waals surface area contributed by atoms with E-state index >= 15 is 0 Å². The van der Waals surface area contributed by atoms with Crippen LogP contribution >= 0.6 is 15.9 Å². The van der Waals surface area contributed by atoms with Crippen LogP contribution in [0.15, 0.2) is 16.6 Å². The van der Waals surface area contributed by atoms with Gasteiger partial charge < -0.3 is 34.2 Å². The number of benzene rings is 1. The molecule has 216 valence electrons. The standard InChI is InChI=1S/C27H39BrN4O7/c1-16(2)32(18-9-8-11-30(15-18)26(36)39-27(4,5)6)24(34)19-13-21-22(14-20(19)28)38-17(3)23(33)31(21)12-10-29-25(35)37-7/h13-14,16-18H,8-12,15H2,1-7H3,(H,29,35)/t17-,18-/m1/s1. The number of methoxy groups -OCH3 is 1. The molecule has 1 N–H and O–H groups in total. The van der Waals surface area contributed by atoms with Crippen molar-refractivity contribution < 1.29 is 33.4 Å². The number of rotatable bonds is 6. The predicted molar refractivity (Wildman–Crippen MR) is 149 cm³/mol. The Labute approximate surface area is 238 Å². The van der Waals surface area contributed by atoms with E-state index in [1.54, 1.807) is 28.9 Å². The Morgan fingerprint density at radius 2 is 1.95 bits per heavy atom. The largest absolute Gasteiger partial charge is 0.479 e. The maximum atomic E-state index is 14.0. The summed E-state index contributed by atoms with van der Waals surface area (Å²) in [4.78, 5) is 56.2. The number of amides is 4. The Hall–Kier alpha value is -3.02. The molecule has 0 radical (unpaired) electrons. The number of hydrogen-bond donors (Lipinski definition) is 1. The average Bonchev–Trinajstić information content (AvgIpc) is 2.85. The summed E-state index contributed by atoms with van der Waals surface area (Å²) in [5.41, 5.74) is 0.202. The van der Waals surface area contributed by atoms with Gasteiger partial charge in [-0.15, -0.1) is 0 Å². The van der Waals surface area contributed by atoms with Gasteiger partial charge in [0, 0.05) is 36.7 Å². The van der Waals surface area contributed by atoms with Crippen molar-refractivity contribution in [2.75, 3.05) is 38.2 Å². The van der Waals surface area contributed by atoms with Crippen molar-refractivity contribution in [2.45, 2.75) is 78.2 Å². The van der Waals surface area contributed by atoms with Gasteiger partial charge in [0.1, 0.15) is 11.4 Å². The van der Waals surface area contributed by atoms with Crippen molar-refractivity contribution >= 4 is 45.6 Å². The molecule has 2 heterocycles. The van der Waals surface area contributed by atoms with Gasteiger partial charge in [-0.05, 0) is 82.4 Å². The zero-order chi connectivity index (χ0) is 29.1. The lowest BCUT2D eigenvalue weighted by Crippen LogP contribution is -2.54. The van der Waals surface area contributed by atoms with E-state index in [9.17, 15) is 19.2 Å². The first kappa shape index (κ1) is 30.5. The van der Waals surface area contributed by atoms with Crippen molar-refractivity contribution in [2.24, 2.45) is 0 Å². The van der Waals surface area contributed by atoms with Crippen LogP contribution in [0.2, 0.25) is 0 Å². The average molecular weight is 612 g/mol. The summed E-state index contributed by atoms with van der Waals surface area (Å²) >= 11 is 3.53. The third-order valence-corrected chi connectivity index (χ3v) is 7.17. The van der Waals surface area contributed by atoms with Gasteiger partial charge in [0.25, 0.3) is 11.8 Å². The number of nitrogens with zero attached hydrogens (tertiary/aromatic N) is 3. The first-order chi connectivity index (χ1) is 18.2. The van der Waals surface area contributed by atoms with Gasteiger partial charge in [-0.25, -0.2) is 9.59 Å². The molecule has 0 bridgehead atoms. The van der Waals surface area contributed by atoms with Crippen LogP contribution in [0.4, 0.5) is 15.3 Å². The second-order valence-corrected chi connectivity index (χ2v) is 11.9. The van der Waals surface area contributed by atoms with Gasteiger partial charge >= 0.3 is 12.2 Å². The van der Waals surface area contributed by atoms with Crippen LogP contribution in [0, 0.1) is 0 Å². The summed E-state index contributed by atoms with van der Waals surface area (Å²) in [6, 6.07) is 2.98. The molecule has 1 saturated heterocycles. The number of likely N-dealkylation sites (tertiary alicyclic amines) is 1. The van der Waals surface area contributed by atoms with Crippen LogP contribution in [0.1, 0.15) is 64.7 Å². The van der Waals surface area contributed by atoms with E-state index in [0.717, 1.165) is 12.8 Å². The van der Waals surface area contributed by atoms with E-state index in [1.807, 2.05) is 34.6 Å². The van der Waals surface area contributed by atoms with Crippen molar-refractivity contribution in [1.82, 2.24) is 15.1 Å². The second-order valence-electron chi connectivity index (χ2n) is 11.0. The number of carbonyl (C=O) groups excluding carboxylic acids is 4. The third-order valence-electron chi connectivity index (χ3n) is 6.51. The monoisotopic (exact) mass is 610 g/mol.